The van der Waals surface area contributed by atoms with Crippen LogP contribution in [0.25, 0.3) is 0 Å². The minimum absolute atomic E-state index is 0. The molecule has 2 rings (SSSR count). The van der Waals surface area contributed by atoms with Crippen LogP contribution in [0, 0.1) is 41.5 Å². The van der Waals surface area contributed by atoms with Gasteiger partial charge in [-0.3, -0.25) is 19.6 Å². The molecule has 0 aliphatic rings. The van der Waals surface area contributed by atoms with Crippen LogP contribution in [0.15, 0.2) is 56.9 Å². The number of benzene rings is 2. The zero-order chi connectivity index (χ0) is 28.9. The van der Waals surface area contributed by atoms with Crippen molar-refractivity contribution in [3.63, 3.8) is 0 Å². The van der Waals surface area contributed by atoms with Gasteiger partial charge in [0.05, 0.1) is 11.1 Å². The van der Waals surface area contributed by atoms with Gasteiger partial charge in [0.2, 0.25) is 0 Å². The smallest absolute Gasteiger partial charge is 0.164 e. The van der Waals surface area contributed by atoms with Gasteiger partial charge in [0.15, 0.2) is 11.6 Å². The van der Waals surface area contributed by atoms with Crippen molar-refractivity contribution in [1.82, 2.24) is 0 Å². The van der Waals surface area contributed by atoms with Crippen LogP contribution in [0.1, 0.15) is 84.3 Å². The Kier molecular flexibility index (Phi) is 12.3. The molecule has 0 unspecified atom stereocenters. The number of aliphatic hydroxyl groups excluding tert-OH is 2. The van der Waals surface area contributed by atoms with Gasteiger partial charge in [-0.15, -0.1) is 0 Å². The third-order valence-corrected chi connectivity index (χ3v) is 6.63. The van der Waals surface area contributed by atoms with Crippen molar-refractivity contribution in [2.75, 3.05) is 0 Å². The van der Waals surface area contributed by atoms with E-state index in [0.717, 1.165) is 44.5 Å². The fraction of sp³-hybridized carbons (Fsp3) is 0.375. The van der Waals surface area contributed by atoms with Crippen LogP contribution in [-0.2, 0) is 26.4 Å². The van der Waals surface area contributed by atoms with Crippen molar-refractivity contribution in [2.24, 2.45) is 9.98 Å². The van der Waals surface area contributed by atoms with Gasteiger partial charge in [0.25, 0.3) is 0 Å². The zero-order valence-electron chi connectivity index (χ0n) is 24.6. The summed E-state index contributed by atoms with van der Waals surface area (Å²) in [6, 6.07) is 7.15. The number of rotatable bonds is 9. The molecule has 0 fully saturated rings. The number of nitrogens with zero attached hydrogens (tertiary/aromatic N) is 2. The van der Waals surface area contributed by atoms with E-state index in [9.17, 15) is 19.8 Å². The molecule has 1 radical (unpaired) electrons. The van der Waals surface area contributed by atoms with Gasteiger partial charge in [-0.05, 0) is 103 Å². The van der Waals surface area contributed by atoms with Crippen molar-refractivity contribution in [3.05, 3.63) is 91.4 Å². The SMILES string of the molecule is CC(=O)/C(C=N[C@H](c1c(C)cc(C)cc1C)[C@H](N=C/C(C(C)=O)=C(/C)O)c1c(C)cc(C)cc1C)=C(\C)O.[Co]. The van der Waals surface area contributed by atoms with Crippen molar-refractivity contribution in [2.45, 2.75) is 81.3 Å². The maximum absolute atomic E-state index is 12.3. The van der Waals surface area contributed by atoms with Crippen LogP contribution in [0.4, 0.5) is 0 Å². The first-order valence-corrected chi connectivity index (χ1v) is 12.7. The number of carbonyl (C=O) groups excluding carboxylic acids is 2. The van der Waals surface area contributed by atoms with E-state index in [2.05, 4.69) is 24.3 Å². The van der Waals surface area contributed by atoms with Crippen LogP contribution in [-0.4, -0.2) is 34.2 Å². The Balaban J connectivity index is 0.00000760. The molecule has 0 spiro atoms. The fourth-order valence-electron chi connectivity index (χ4n) is 5.13. The molecule has 0 aliphatic carbocycles. The van der Waals surface area contributed by atoms with Gasteiger partial charge in [-0.1, -0.05) is 35.4 Å². The molecule has 2 aromatic carbocycles. The fourth-order valence-corrected chi connectivity index (χ4v) is 5.13. The summed E-state index contributed by atoms with van der Waals surface area (Å²) in [7, 11) is 0. The molecule has 0 heterocycles. The zero-order valence-corrected chi connectivity index (χ0v) is 25.6. The van der Waals surface area contributed by atoms with E-state index in [1.54, 1.807) is 0 Å². The molecular weight excluding hydrogens is 535 g/mol. The molecule has 7 heteroatoms. The summed E-state index contributed by atoms with van der Waals surface area (Å²) in [5.41, 5.74) is 8.42. The number of hydrogen-bond donors (Lipinski definition) is 2. The largest absolute Gasteiger partial charge is 0.512 e. The minimum Gasteiger partial charge on any atom is -0.512 e. The summed E-state index contributed by atoms with van der Waals surface area (Å²) in [5, 5.41) is 20.3. The number of Topliss-reactive ketones (excluding diaryl/α,β-unsaturated/α-hetero) is 2. The topological polar surface area (TPSA) is 99.3 Å². The van der Waals surface area contributed by atoms with Crippen LogP contribution in [0.3, 0.4) is 0 Å². The van der Waals surface area contributed by atoms with Crippen molar-refractivity contribution in [3.8, 4) is 0 Å². The molecule has 0 aliphatic heterocycles. The molecule has 211 valence electrons. The normalized spacial score (nSPS) is 14.5. The molecule has 2 atom stereocenters. The number of carbonyl (C=O) groups is 2. The van der Waals surface area contributed by atoms with Crippen LogP contribution >= 0.6 is 0 Å². The van der Waals surface area contributed by atoms with E-state index in [1.165, 1.54) is 40.1 Å². The summed E-state index contributed by atoms with van der Waals surface area (Å²) in [4.78, 5) is 34.3. The summed E-state index contributed by atoms with van der Waals surface area (Å²) in [6.45, 7) is 17.8. The van der Waals surface area contributed by atoms with Crippen molar-refractivity contribution < 1.29 is 36.6 Å². The number of allylic oxidation sites excluding steroid dienone is 4. The molecule has 0 aromatic heterocycles. The molecule has 0 saturated carbocycles. The van der Waals surface area contributed by atoms with E-state index >= 15 is 0 Å². The predicted molar refractivity (Wildman–Crippen MR) is 156 cm³/mol. The molecule has 0 bridgehead atoms. The summed E-state index contributed by atoms with van der Waals surface area (Å²) >= 11 is 0. The quantitative estimate of drug-likeness (QED) is 0.186. The van der Waals surface area contributed by atoms with Crippen molar-refractivity contribution >= 4 is 24.0 Å². The summed E-state index contributed by atoms with van der Waals surface area (Å²) < 4.78 is 0. The van der Waals surface area contributed by atoms with Crippen LogP contribution < -0.4 is 0 Å². The van der Waals surface area contributed by atoms with E-state index < -0.39 is 12.1 Å². The molecule has 2 aromatic rings. The predicted octanol–water partition coefficient (Wildman–Crippen LogP) is 7.30. The van der Waals surface area contributed by atoms with E-state index in [-0.39, 0.29) is 51.0 Å². The Morgan fingerprint density at radius 1 is 0.615 bits per heavy atom. The summed E-state index contributed by atoms with van der Waals surface area (Å²) in [6.07, 6.45) is 2.84. The van der Waals surface area contributed by atoms with Crippen LogP contribution in [0.2, 0.25) is 0 Å². The number of hydrogen-bond acceptors (Lipinski definition) is 6. The minimum atomic E-state index is -0.590. The maximum atomic E-state index is 12.3. The first kappa shape index (κ1) is 33.7. The van der Waals surface area contributed by atoms with Crippen LogP contribution in [0.5, 0.6) is 0 Å². The number of aryl methyl sites for hydroxylation is 6. The van der Waals surface area contributed by atoms with Gasteiger partial charge in [0, 0.05) is 29.2 Å². The average molecular weight is 576 g/mol. The molecule has 39 heavy (non-hydrogen) atoms. The summed E-state index contributed by atoms with van der Waals surface area (Å²) in [5.74, 6) is -0.828. The van der Waals surface area contributed by atoms with Gasteiger partial charge in [-0.25, -0.2) is 0 Å². The monoisotopic (exact) mass is 575 g/mol. The third-order valence-electron chi connectivity index (χ3n) is 6.63. The standard InChI is InChI=1S/C32H40N2O4.Co/c1-17-11-19(3)29(20(4)12-17)31(33-15-27(23(7)35)24(8)36)32(34-16-28(25(9)37)26(10)38)30-21(5)13-18(2)14-22(30)6;/h11-16,31-32,35,37H,1-10H3;/b27-23+,28-25+,33-15?,34-16?;/t31-,32-;/m1./s1. The Labute approximate surface area is 242 Å². The van der Waals surface area contributed by atoms with Crippen molar-refractivity contribution in [1.29, 1.82) is 0 Å². The second kappa shape index (κ2) is 14.2. The number of aliphatic imine (C=N–C) groups is 2. The number of ketones is 2. The Bertz CT molecular complexity index is 1220. The first-order chi connectivity index (χ1) is 17.6. The van der Waals surface area contributed by atoms with Gasteiger partial charge in [-0.2, -0.15) is 0 Å². The Morgan fingerprint density at radius 2 is 0.872 bits per heavy atom. The second-order valence-corrected chi connectivity index (χ2v) is 10.2. The van der Waals surface area contributed by atoms with Gasteiger partial charge in [0.1, 0.15) is 23.6 Å². The van der Waals surface area contributed by atoms with E-state index in [0.29, 0.717) is 0 Å². The molecule has 0 amide bonds. The molecule has 2 N–H and O–H groups in total. The maximum Gasteiger partial charge on any atom is 0.164 e. The molecular formula is C32H40CoN2O4. The third kappa shape index (κ3) is 8.34. The average Bonchev–Trinajstić information content (AvgIpc) is 2.74. The Morgan fingerprint density at radius 3 is 1.08 bits per heavy atom. The van der Waals surface area contributed by atoms with Gasteiger partial charge < -0.3 is 10.2 Å². The molecule has 0 saturated heterocycles. The van der Waals surface area contributed by atoms with E-state index in [1.807, 2.05) is 41.5 Å². The first-order valence-electron chi connectivity index (χ1n) is 12.7. The second-order valence-electron chi connectivity index (χ2n) is 10.2. The number of aliphatic hydroxyl groups is 2. The Hall–Kier alpha value is -3.29. The van der Waals surface area contributed by atoms with Gasteiger partial charge >= 0.3 is 0 Å². The van der Waals surface area contributed by atoms with E-state index in [4.69, 9.17) is 9.98 Å². The molecule has 6 nitrogen and oxygen atoms in total.